The molecule has 0 amide bonds. The second-order valence-corrected chi connectivity index (χ2v) is 3.78. The number of benzene rings is 1. The first-order valence-electron chi connectivity index (χ1n) is 3.24. The third-order valence-electron chi connectivity index (χ3n) is 1.43. The molecule has 13 heavy (non-hydrogen) atoms. The van der Waals surface area contributed by atoms with Crippen molar-refractivity contribution in [2.45, 2.75) is 4.90 Å². The highest BCUT2D eigenvalue weighted by atomic mass is 79.9. The van der Waals surface area contributed by atoms with Crippen molar-refractivity contribution in [1.82, 2.24) is 0 Å². The molecule has 1 aromatic rings. The minimum Gasteiger partial charge on any atom is -0.258 e. The molecule has 0 spiro atoms. The van der Waals surface area contributed by atoms with E-state index in [0.717, 1.165) is 23.9 Å². The van der Waals surface area contributed by atoms with Crippen molar-refractivity contribution in [1.29, 1.82) is 0 Å². The second-order valence-electron chi connectivity index (χ2n) is 2.17. The lowest BCUT2D eigenvalue weighted by molar-refractivity contribution is -0.387. The van der Waals surface area contributed by atoms with Crippen LogP contribution in [0.4, 0.5) is 10.1 Å². The molecule has 0 N–H and O–H groups in total. The number of nitrogens with zero attached hydrogens (tertiary/aromatic N) is 1. The van der Waals surface area contributed by atoms with Gasteiger partial charge in [0.15, 0.2) is 0 Å². The zero-order valence-corrected chi connectivity index (χ0v) is 8.99. The van der Waals surface area contributed by atoms with Gasteiger partial charge in [-0.2, -0.15) is 0 Å². The topological polar surface area (TPSA) is 43.1 Å². The van der Waals surface area contributed by atoms with Crippen molar-refractivity contribution in [3.63, 3.8) is 0 Å². The van der Waals surface area contributed by atoms with Gasteiger partial charge in [0.1, 0.15) is 10.7 Å². The number of halogens is 2. The van der Waals surface area contributed by atoms with Crippen LogP contribution in [-0.2, 0) is 0 Å². The molecule has 0 radical (unpaired) electrons. The van der Waals surface area contributed by atoms with Crippen LogP contribution in [0.2, 0.25) is 0 Å². The van der Waals surface area contributed by atoms with Crippen LogP contribution in [-0.4, -0.2) is 11.2 Å². The average molecular weight is 266 g/mol. The highest BCUT2D eigenvalue weighted by Gasteiger charge is 2.18. The van der Waals surface area contributed by atoms with E-state index in [4.69, 9.17) is 0 Å². The molecular weight excluding hydrogens is 261 g/mol. The van der Waals surface area contributed by atoms with Crippen LogP contribution in [0.3, 0.4) is 0 Å². The molecule has 0 aliphatic heterocycles. The average Bonchev–Trinajstić information content (AvgIpc) is 2.09. The van der Waals surface area contributed by atoms with Gasteiger partial charge in [0.25, 0.3) is 5.69 Å². The maximum atomic E-state index is 12.9. The Hall–Kier alpha value is -0.620. The monoisotopic (exact) mass is 265 g/mol. The molecule has 0 fully saturated rings. The Bertz CT molecular complexity index is 359. The van der Waals surface area contributed by atoms with Crippen LogP contribution >= 0.6 is 27.7 Å². The van der Waals surface area contributed by atoms with Gasteiger partial charge in [0, 0.05) is 6.07 Å². The molecule has 0 atom stereocenters. The van der Waals surface area contributed by atoms with Crippen LogP contribution in [0.15, 0.2) is 21.5 Å². The number of nitro groups is 1. The van der Waals surface area contributed by atoms with Crippen molar-refractivity contribution in [2.75, 3.05) is 6.26 Å². The third kappa shape index (κ3) is 2.00. The molecule has 0 unspecified atom stereocenters. The van der Waals surface area contributed by atoms with Gasteiger partial charge >= 0.3 is 0 Å². The minimum absolute atomic E-state index is 0.0826. The molecule has 6 heteroatoms. The summed E-state index contributed by atoms with van der Waals surface area (Å²) in [6.07, 6.45) is 1.66. The summed E-state index contributed by atoms with van der Waals surface area (Å²) in [4.78, 5) is 10.3. The SMILES string of the molecule is CSc1c([N+](=O)[O-])ccc(F)c1Br. The zero-order valence-electron chi connectivity index (χ0n) is 6.58. The van der Waals surface area contributed by atoms with Gasteiger partial charge in [-0.25, -0.2) is 4.39 Å². The van der Waals surface area contributed by atoms with Gasteiger partial charge in [-0.05, 0) is 28.3 Å². The number of thioether (sulfide) groups is 1. The summed E-state index contributed by atoms with van der Waals surface area (Å²) in [6, 6.07) is 2.23. The summed E-state index contributed by atoms with van der Waals surface area (Å²) >= 11 is 4.10. The molecule has 3 nitrogen and oxygen atoms in total. The number of rotatable bonds is 2. The first-order valence-corrected chi connectivity index (χ1v) is 5.26. The Morgan fingerprint density at radius 2 is 2.23 bits per heavy atom. The summed E-state index contributed by atoms with van der Waals surface area (Å²) < 4.78 is 13.1. The Labute approximate surface area is 86.6 Å². The van der Waals surface area contributed by atoms with E-state index in [-0.39, 0.29) is 10.2 Å². The largest absolute Gasteiger partial charge is 0.284 e. The standard InChI is InChI=1S/C7H5BrFNO2S/c1-13-7-5(10(11)12)3-2-4(9)6(7)8/h2-3H,1H3. The quantitative estimate of drug-likeness (QED) is 0.469. The fraction of sp³-hybridized carbons (Fsp3) is 0.143. The van der Waals surface area contributed by atoms with Crippen molar-refractivity contribution < 1.29 is 9.31 Å². The van der Waals surface area contributed by atoms with E-state index in [1.807, 2.05) is 0 Å². The third-order valence-corrected chi connectivity index (χ3v) is 3.29. The van der Waals surface area contributed by atoms with E-state index >= 15 is 0 Å². The fourth-order valence-corrected chi connectivity index (χ4v) is 2.31. The lowest BCUT2D eigenvalue weighted by Gasteiger charge is -2.02. The van der Waals surface area contributed by atoms with Crippen molar-refractivity contribution in [3.8, 4) is 0 Å². The number of hydrogen-bond acceptors (Lipinski definition) is 3. The molecule has 0 bridgehead atoms. The lowest BCUT2D eigenvalue weighted by atomic mass is 10.3. The zero-order chi connectivity index (χ0) is 10.0. The molecule has 70 valence electrons. The van der Waals surface area contributed by atoms with Crippen molar-refractivity contribution >= 4 is 33.4 Å². The maximum absolute atomic E-state index is 12.9. The molecule has 1 aromatic carbocycles. The summed E-state index contributed by atoms with van der Waals surface area (Å²) in [6.45, 7) is 0. The maximum Gasteiger partial charge on any atom is 0.284 e. The smallest absolute Gasteiger partial charge is 0.258 e. The molecule has 0 aliphatic carbocycles. The van der Waals surface area contributed by atoms with Crippen molar-refractivity contribution in [3.05, 3.63) is 32.5 Å². The van der Waals surface area contributed by atoms with Gasteiger partial charge < -0.3 is 0 Å². The van der Waals surface area contributed by atoms with E-state index in [9.17, 15) is 14.5 Å². The van der Waals surface area contributed by atoms with E-state index < -0.39 is 10.7 Å². The molecular formula is C7H5BrFNO2S. The highest BCUT2D eigenvalue weighted by molar-refractivity contribution is 9.10. The number of nitro benzene ring substituents is 1. The van der Waals surface area contributed by atoms with Gasteiger partial charge in [0.05, 0.1) is 9.40 Å². The Morgan fingerprint density at radius 3 is 2.69 bits per heavy atom. The van der Waals surface area contributed by atoms with E-state index in [1.165, 1.54) is 0 Å². The molecule has 1 rings (SSSR count). The molecule has 0 aromatic heterocycles. The molecule has 0 saturated carbocycles. The van der Waals surface area contributed by atoms with Crippen LogP contribution in [0.5, 0.6) is 0 Å². The second kappa shape index (κ2) is 4.06. The number of hydrogen-bond donors (Lipinski definition) is 0. The first kappa shape index (κ1) is 10.5. The van der Waals surface area contributed by atoms with Crippen LogP contribution in [0.1, 0.15) is 0 Å². The Morgan fingerprint density at radius 1 is 1.62 bits per heavy atom. The summed E-state index contributed by atoms with van der Waals surface area (Å²) in [5.74, 6) is -0.491. The van der Waals surface area contributed by atoms with Crippen LogP contribution in [0.25, 0.3) is 0 Å². The Kier molecular flexibility index (Phi) is 3.27. The molecule has 0 heterocycles. The van der Waals surface area contributed by atoms with Gasteiger partial charge in [-0.3, -0.25) is 10.1 Å². The van der Waals surface area contributed by atoms with E-state index in [2.05, 4.69) is 15.9 Å². The van der Waals surface area contributed by atoms with Gasteiger partial charge in [-0.1, -0.05) is 0 Å². The summed E-state index contributed by atoms with van der Waals surface area (Å²) in [7, 11) is 0. The van der Waals surface area contributed by atoms with Crippen molar-refractivity contribution in [2.24, 2.45) is 0 Å². The fourth-order valence-electron chi connectivity index (χ4n) is 0.860. The Balaban J connectivity index is 3.38. The highest BCUT2D eigenvalue weighted by Crippen LogP contribution is 2.35. The summed E-state index contributed by atoms with van der Waals surface area (Å²) in [5, 5.41) is 10.5. The predicted octanol–water partition coefficient (Wildman–Crippen LogP) is 3.22. The lowest BCUT2D eigenvalue weighted by Crippen LogP contribution is -1.92. The molecule has 0 saturated heterocycles. The first-order chi connectivity index (χ1) is 6.07. The summed E-state index contributed by atoms with van der Waals surface area (Å²) in [5.41, 5.74) is -0.0826. The van der Waals surface area contributed by atoms with Gasteiger partial charge in [-0.15, -0.1) is 11.8 Å². The van der Waals surface area contributed by atoms with Crippen LogP contribution < -0.4 is 0 Å². The minimum atomic E-state index is -0.532. The molecule has 0 aliphatic rings. The normalized spacial score (nSPS) is 10.1. The van der Waals surface area contributed by atoms with Crippen LogP contribution in [0, 0.1) is 15.9 Å². The van der Waals surface area contributed by atoms with E-state index in [0.29, 0.717) is 4.90 Å². The van der Waals surface area contributed by atoms with E-state index in [1.54, 1.807) is 6.26 Å². The van der Waals surface area contributed by atoms with Gasteiger partial charge in [0.2, 0.25) is 0 Å². The predicted molar refractivity (Wildman–Crippen MR) is 52.5 cm³/mol.